The lowest BCUT2D eigenvalue weighted by molar-refractivity contribution is -0.122. The number of rotatable bonds is 5. The molecule has 1 aromatic heterocycles. The Bertz CT molecular complexity index is 836. The van der Waals surface area contributed by atoms with Gasteiger partial charge < -0.3 is 4.90 Å². The smallest absolute Gasteiger partial charge is 0.279 e. The molecule has 0 unspecified atom stereocenters. The average molecular weight is 427 g/mol. The van der Waals surface area contributed by atoms with Crippen molar-refractivity contribution in [2.45, 2.75) is 38.5 Å². The largest absolute Gasteiger partial charge is 0.369 e. The standard InChI is InChI=1S/C23H30N4O2S/c28-22(11-12-26-13-15-27(16-14-26)19-8-4-2-5-9-19)24-25-23(29)21-17-18-7-3-1-6-10-20(18)30-21/h2,4-5,8-9,17H,1,3,6-7,10-16H2,(H,24,28)(H,25,29). The zero-order valence-electron chi connectivity index (χ0n) is 17.4. The van der Waals surface area contributed by atoms with Crippen molar-refractivity contribution in [1.82, 2.24) is 15.8 Å². The van der Waals surface area contributed by atoms with E-state index in [4.69, 9.17) is 0 Å². The van der Waals surface area contributed by atoms with Gasteiger partial charge in [0.25, 0.3) is 5.91 Å². The van der Waals surface area contributed by atoms with Crippen LogP contribution < -0.4 is 15.8 Å². The first-order valence-corrected chi connectivity index (χ1v) is 11.7. The number of hydrazine groups is 1. The molecular formula is C23H30N4O2S. The van der Waals surface area contributed by atoms with Crippen LogP contribution in [0.25, 0.3) is 0 Å². The van der Waals surface area contributed by atoms with Gasteiger partial charge in [-0.15, -0.1) is 11.3 Å². The fourth-order valence-electron chi connectivity index (χ4n) is 4.16. The van der Waals surface area contributed by atoms with Gasteiger partial charge in [0.05, 0.1) is 4.88 Å². The Kier molecular flexibility index (Phi) is 7.02. The lowest BCUT2D eigenvalue weighted by Gasteiger charge is -2.36. The van der Waals surface area contributed by atoms with E-state index in [1.165, 1.54) is 35.4 Å². The maximum absolute atomic E-state index is 12.4. The van der Waals surface area contributed by atoms with Gasteiger partial charge in [-0.2, -0.15) is 0 Å². The van der Waals surface area contributed by atoms with Crippen molar-refractivity contribution in [2.24, 2.45) is 0 Å². The second kappa shape index (κ2) is 10.1. The molecule has 0 spiro atoms. The summed E-state index contributed by atoms with van der Waals surface area (Å²) in [5, 5.41) is 0. The van der Waals surface area contributed by atoms with Crippen LogP contribution in [0.5, 0.6) is 0 Å². The third-order valence-corrected chi connectivity index (χ3v) is 7.17. The normalized spacial score (nSPS) is 17.1. The Morgan fingerprint density at radius 2 is 1.70 bits per heavy atom. The van der Waals surface area contributed by atoms with Gasteiger partial charge in [-0.25, -0.2) is 0 Å². The molecule has 2 aromatic rings. The number of aryl methyl sites for hydroxylation is 2. The third kappa shape index (κ3) is 5.40. The lowest BCUT2D eigenvalue weighted by Crippen LogP contribution is -2.48. The van der Waals surface area contributed by atoms with E-state index < -0.39 is 0 Å². The highest BCUT2D eigenvalue weighted by Crippen LogP contribution is 2.28. The first-order chi connectivity index (χ1) is 14.7. The average Bonchev–Trinajstić information content (AvgIpc) is 3.07. The second-order valence-electron chi connectivity index (χ2n) is 8.04. The summed E-state index contributed by atoms with van der Waals surface area (Å²) < 4.78 is 0. The Balaban J connectivity index is 1.16. The first-order valence-electron chi connectivity index (χ1n) is 10.9. The van der Waals surface area contributed by atoms with E-state index in [1.807, 2.05) is 12.1 Å². The van der Waals surface area contributed by atoms with Gasteiger partial charge >= 0.3 is 0 Å². The van der Waals surface area contributed by atoms with Crippen LogP contribution in [-0.2, 0) is 17.6 Å². The monoisotopic (exact) mass is 426 g/mol. The number of para-hydroxylation sites is 1. The molecule has 6 nitrogen and oxygen atoms in total. The van der Waals surface area contributed by atoms with Crippen LogP contribution in [0.15, 0.2) is 36.4 Å². The molecule has 1 aromatic carbocycles. The predicted octanol–water partition coefficient (Wildman–Crippen LogP) is 2.99. The molecule has 2 heterocycles. The van der Waals surface area contributed by atoms with Gasteiger partial charge in [0.2, 0.25) is 5.91 Å². The van der Waals surface area contributed by atoms with E-state index in [2.05, 4.69) is 44.9 Å². The van der Waals surface area contributed by atoms with Crippen LogP contribution in [0.3, 0.4) is 0 Å². The maximum atomic E-state index is 12.4. The molecule has 160 valence electrons. The molecule has 2 amide bonds. The molecule has 30 heavy (non-hydrogen) atoms. The summed E-state index contributed by atoms with van der Waals surface area (Å²) in [6.45, 7) is 4.51. The Morgan fingerprint density at radius 3 is 2.50 bits per heavy atom. The highest BCUT2D eigenvalue weighted by atomic mass is 32.1. The quantitative estimate of drug-likeness (QED) is 0.570. The van der Waals surface area contributed by atoms with Gasteiger partial charge in [-0.05, 0) is 49.4 Å². The summed E-state index contributed by atoms with van der Waals surface area (Å²) in [5.74, 6) is -0.357. The van der Waals surface area contributed by atoms with Gasteiger partial charge in [0, 0.05) is 49.7 Å². The number of carbonyl (C=O) groups excluding carboxylic acids is 2. The van der Waals surface area contributed by atoms with Crippen molar-refractivity contribution in [2.75, 3.05) is 37.6 Å². The Morgan fingerprint density at radius 1 is 0.933 bits per heavy atom. The fraction of sp³-hybridized carbons (Fsp3) is 0.478. The first kappa shape index (κ1) is 20.9. The van der Waals surface area contributed by atoms with Crippen LogP contribution in [0.1, 0.15) is 45.8 Å². The van der Waals surface area contributed by atoms with Crippen LogP contribution in [0.2, 0.25) is 0 Å². The summed E-state index contributed by atoms with van der Waals surface area (Å²) in [6.07, 6.45) is 6.17. The van der Waals surface area contributed by atoms with E-state index in [9.17, 15) is 9.59 Å². The van der Waals surface area contributed by atoms with Crippen molar-refractivity contribution in [3.05, 3.63) is 51.7 Å². The van der Waals surface area contributed by atoms with Gasteiger partial charge in [0.1, 0.15) is 0 Å². The number of fused-ring (bicyclic) bond motifs is 1. The summed E-state index contributed by atoms with van der Waals surface area (Å²) in [7, 11) is 0. The number of thiophene rings is 1. The van der Waals surface area contributed by atoms with E-state index in [0.29, 0.717) is 17.8 Å². The summed E-state index contributed by atoms with van der Waals surface area (Å²) >= 11 is 1.57. The molecule has 1 fully saturated rings. The SMILES string of the molecule is O=C(CCN1CCN(c2ccccc2)CC1)NNC(=O)c1cc2c(s1)CCCCC2. The summed E-state index contributed by atoms with van der Waals surface area (Å²) in [5.41, 5.74) is 7.73. The topological polar surface area (TPSA) is 64.7 Å². The van der Waals surface area contributed by atoms with Crippen LogP contribution in [-0.4, -0.2) is 49.4 Å². The number of amides is 2. The number of hydrogen-bond donors (Lipinski definition) is 2. The van der Waals surface area contributed by atoms with Crippen molar-refractivity contribution < 1.29 is 9.59 Å². The lowest BCUT2D eigenvalue weighted by atomic mass is 10.1. The van der Waals surface area contributed by atoms with Crippen LogP contribution >= 0.6 is 11.3 Å². The van der Waals surface area contributed by atoms with Crippen molar-refractivity contribution >= 4 is 28.8 Å². The molecular weight excluding hydrogens is 396 g/mol. The van der Waals surface area contributed by atoms with Crippen LogP contribution in [0.4, 0.5) is 5.69 Å². The van der Waals surface area contributed by atoms with E-state index >= 15 is 0 Å². The molecule has 1 aliphatic heterocycles. The highest BCUT2D eigenvalue weighted by molar-refractivity contribution is 7.14. The molecule has 0 bridgehead atoms. The highest BCUT2D eigenvalue weighted by Gasteiger charge is 2.19. The zero-order valence-corrected chi connectivity index (χ0v) is 18.2. The van der Waals surface area contributed by atoms with E-state index in [-0.39, 0.29) is 11.8 Å². The molecule has 1 aliphatic carbocycles. The Labute approximate surface area is 182 Å². The maximum Gasteiger partial charge on any atom is 0.279 e. The summed E-state index contributed by atoms with van der Waals surface area (Å²) in [6, 6.07) is 12.4. The molecule has 0 radical (unpaired) electrons. The number of nitrogens with zero attached hydrogens (tertiary/aromatic N) is 2. The minimum Gasteiger partial charge on any atom is -0.369 e. The molecule has 1 saturated heterocycles. The molecule has 0 atom stereocenters. The van der Waals surface area contributed by atoms with Crippen molar-refractivity contribution in [3.8, 4) is 0 Å². The molecule has 7 heteroatoms. The molecule has 0 saturated carbocycles. The molecule has 4 rings (SSSR count). The summed E-state index contributed by atoms with van der Waals surface area (Å²) in [4.78, 5) is 31.3. The Hall–Kier alpha value is -2.38. The predicted molar refractivity (Wildman–Crippen MR) is 121 cm³/mol. The number of hydrogen-bond acceptors (Lipinski definition) is 5. The van der Waals surface area contributed by atoms with E-state index in [0.717, 1.165) is 39.0 Å². The molecule has 2 aliphatic rings. The van der Waals surface area contributed by atoms with Crippen molar-refractivity contribution in [1.29, 1.82) is 0 Å². The number of nitrogens with one attached hydrogen (secondary N) is 2. The second-order valence-corrected chi connectivity index (χ2v) is 9.17. The number of piperazine rings is 1. The fourth-order valence-corrected chi connectivity index (χ4v) is 5.31. The van der Waals surface area contributed by atoms with E-state index in [1.54, 1.807) is 11.3 Å². The zero-order chi connectivity index (χ0) is 20.8. The van der Waals surface area contributed by atoms with Crippen molar-refractivity contribution in [3.63, 3.8) is 0 Å². The van der Waals surface area contributed by atoms with Gasteiger partial charge in [0.15, 0.2) is 0 Å². The number of carbonyl (C=O) groups is 2. The number of anilines is 1. The van der Waals surface area contributed by atoms with Gasteiger partial charge in [-0.1, -0.05) is 24.6 Å². The molecule has 2 N–H and O–H groups in total. The number of benzene rings is 1. The third-order valence-electron chi connectivity index (χ3n) is 5.93. The minimum absolute atomic E-state index is 0.146. The van der Waals surface area contributed by atoms with Crippen LogP contribution in [0, 0.1) is 0 Å². The minimum atomic E-state index is -0.210. The van der Waals surface area contributed by atoms with Gasteiger partial charge in [-0.3, -0.25) is 25.3 Å².